The summed E-state index contributed by atoms with van der Waals surface area (Å²) in [6.45, 7) is 4.01. The number of aryl methyl sites for hydroxylation is 1. The molecule has 0 atom stereocenters. The number of benzene rings is 1. The lowest BCUT2D eigenvalue weighted by Gasteiger charge is -2.06. The minimum absolute atomic E-state index is 0.328. The molecule has 2 aromatic heterocycles. The van der Waals surface area contributed by atoms with Crippen molar-refractivity contribution >= 4 is 38.9 Å². The van der Waals surface area contributed by atoms with Gasteiger partial charge in [-0.25, -0.2) is 9.78 Å². The first-order valence-corrected chi connectivity index (χ1v) is 8.97. The molecule has 3 rings (SSSR count). The summed E-state index contributed by atoms with van der Waals surface area (Å²) in [5.74, 6) is 0.672. The van der Waals surface area contributed by atoms with Crippen molar-refractivity contribution in [2.75, 3.05) is 5.75 Å². The number of aromatic nitrogens is 4. The average Bonchev–Trinajstić information content (AvgIpc) is 2.86. The minimum atomic E-state index is -0.467. The number of nitrogens with zero attached hydrogens (tertiary/aromatic N) is 3. The summed E-state index contributed by atoms with van der Waals surface area (Å²) < 4.78 is 4.12. The molecule has 0 saturated heterocycles. The monoisotopic (exact) mass is 406 g/mol. The van der Waals surface area contributed by atoms with Gasteiger partial charge in [-0.15, -0.1) is 6.58 Å². The van der Waals surface area contributed by atoms with Gasteiger partial charge in [-0.05, 0) is 17.7 Å². The zero-order valence-electron chi connectivity index (χ0n) is 13.0. The third-order valence-corrected chi connectivity index (χ3v) is 5.05. The predicted molar refractivity (Wildman–Crippen MR) is 99.8 cm³/mol. The van der Waals surface area contributed by atoms with Gasteiger partial charge in [-0.2, -0.15) is 0 Å². The smallest absolute Gasteiger partial charge is 0.316 e. The lowest BCUT2D eigenvalue weighted by molar-refractivity contribution is 0.746. The van der Waals surface area contributed by atoms with E-state index in [4.69, 9.17) is 0 Å². The van der Waals surface area contributed by atoms with Gasteiger partial charge in [0.05, 0.1) is 6.54 Å². The lowest BCUT2D eigenvalue weighted by atomic mass is 10.2. The number of thioether (sulfide) groups is 1. The highest BCUT2D eigenvalue weighted by Crippen LogP contribution is 2.21. The summed E-state index contributed by atoms with van der Waals surface area (Å²) in [5.41, 5.74) is 0.812. The van der Waals surface area contributed by atoms with Crippen molar-refractivity contribution in [3.05, 3.63) is 67.8 Å². The maximum atomic E-state index is 12.3. The van der Waals surface area contributed by atoms with Crippen LogP contribution in [0, 0.1) is 0 Å². The number of aromatic amines is 1. The molecule has 0 aliphatic rings. The number of hydrogen-bond donors (Lipinski definition) is 1. The second kappa shape index (κ2) is 6.82. The summed E-state index contributed by atoms with van der Waals surface area (Å²) in [4.78, 5) is 31.4. The van der Waals surface area contributed by atoms with Crippen LogP contribution in [0.3, 0.4) is 0 Å². The largest absolute Gasteiger partial charge is 0.330 e. The number of imidazole rings is 1. The van der Waals surface area contributed by atoms with Crippen LogP contribution in [0.25, 0.3) is 11.2 Å². The molecule has 1 N–H and O–H groups in total. The van der Waals surface area contributed by atoms with Gasteiger partial charge >= 0.3 is 5.69 Å². The van der Waals surface area contributed by atoms with Crippen molar-refractivity contribution in [2.45, 2.75) is 11.7 Å². The molecular weight excluding hydrogens is 392 g/mol. The van der Waals surface area contributed by atoms with E-state index in [1.54, 1.807) is 17.7 Å². The van der Waals surface area contributed by atoms with E-state index in [-0.39, 0.29) is 0 Å². The Morgan fingerprint density at radius 3 is 2.92 bits per heavy atom. The van der Waals surface area contributed by atoms with Crippen LogP contribution in [0.4, 0.5) is 0 Å². The van der Waals surface area contributed by atoms with E-state index < -0.39 is 11.2 Å². The minimum Gasteiger partial charge on any atom is -0.316 e. The number of fused-ring (bicyclic) bond motifs is 1. The number of hydrogen-bond acceptors (Lipinski definition) is 4. The van der Waals surface area contributed by atoms with E-state index in [2.05, 4.69) is 32.5 Å². The maximum absolute atomic E-state index is 12.3. The van der Waals surface area contributed by atoms with Crippen molar-refractivity contribution < 1.29 is 0 Å². The molecule has 124 valence electrons. The van der Waals surface area contributed by atoms with Crippen LogP contribution < -0.4 is 11.2 Å². The van der Waals surface area contributed by atoms with Crippen molar-refractivity contribution in [1.82, 2.24) is 19.1 Å². The van der Waals surface area contributed by atoms with Crippen molar-refractivity contribution in [2.24, 2.45) is 7.05 Å². The number of H-pyrrole nitrogens is 1. The molecule has 8 heteroatoms. The maximum Gasteiger partial charge on any atom is 0.330 e. The van der Waals surface area contributed by atoms with Crippen LogP contribution in [0.2, 0.25) is 0 Å². The van der Waals surface area contributed by atoms with Gasteiger partial charge < -0.3 is 4.57 Å². The number of halogens is 1. The Bertz CT molecular complexity index is 1030. The molecule has 0 radical (unpaired) electrons. The van der Waals surface area contributed by atoms with Crippen LogP contribution >= 0.6 is 27.7 Å². The summed E-state index contributed by atoms with van der Waals surface area (Å²) in [6.07, 6.45) is 1.77. The zero-order valence-corrected chi connectivity index (χ0v) is 15.4. The topological polar surface area (TPSA) is 72.7 Å². The molecule has 6 nitrogen and oxygen atoms in total. The standard InChI is InChI=1S/C16H15BrN4O2S/c1-3-7-24-16-18-13-12(20(16)2)14(22)19-15(23)21(13)9-10-5-4-6-11(17)8-10/h3-6,8H,1,7,9H2,2H3,(H,19,22,23). The highest BCUT2D eigenvalue weighted by Gasteiger charge is 2.16. The van der Waals surface area contributed by atoms with Crippen LogP contribution in [0.5, 0.6) is 0 Å². The van der Waals surface area contributed by atoms with Gasteiger partial charge in [-0.3, -0.25) is 14.3 Å². The van der Waals surface area contributed by atoms with Crippen molar-refractivity contribution in [3.8, 4) is 0 Å². The molecule has 0 spiro atoms. The fraction of sp³-hybridized carbons (Fsp3) is 0.188. The molecule has 3 aromatic rings. The van der Waals surface area contributed by atoms with Crippen molar-refractivity contribution in [1.29, 1.82) is 0 Å². The molecule has 0 amide bonds. The molecule has 0 aliphatic carbocycles. The summed E-state index contributed by atoms with van der Waals surface area (Å²) in [7, 11) is 1.77. The van der Waals surface area contributed by atoms with E-state index in [0.717, 1.165) is 10.0 Å². The summed E-state index contributed by atoms with van der Waals surface area (Å²) >= 11 is 4.88. The molecule has 0 fully saturated rings. The second-order valence-electron chi connectivity index (χ2n) is 5.20. The Balaban J connectivity index is 2.18. The van der Waals surface area contributed by atoms with Crippen LogP contribution in [-0.2, 0) is 13.6 Å². The van der Waals surface area contributed by atoms with Crippen LogP contribution in [0.1, 0.15) is 5.56 Å². The zero-order chi connectivity index (χ0) is 17.3. The molecule has 2 heterocycles. The highest BCUT2D eigenvalue weighted by atomic mass is 79.9. The summed E-state index contributed by atoms with van der Waals surface area (Å²) in [5, 5.41) is 0.670. The first kappa shape index (κ1) is 16.8. The average molecular weight is 407 g/mol. The van der Waals surface area contributed by atoms with E-state index in [1.165, 1.54) is 16.3 Å². The van der Waals surface area contributed by atoms with E-state index in [9.17, 15) is 9.59 Å². The van der Waals surface area contributed by atoms with Gasteiger partial charge in [0.15, 0.2) is 16.3 Å². The van der Waals surface area contributed by atoms with E-state index >= 15 is 0 Å². The third kappa shape index (κ3) is 3.11. The molecule has 1 aromatic carbocycles. The molecule has 24 heavy (non-hydrogen) atoms. The first-order valence-electron chi connectivity index (χ1n) is 7.19. The fourth-order valence-corrected chi connectivity index (χ4v) is 3.60. The van der Waals surface area contributed by atoms with Gasteiger partial charge in [0, 0.05) is 17.3 Å². The Morgan fingerprint density at radius 1 is 1.42 bits per heavy atom. The van der Waals surface area contributed by atoms with Gasteiger partial charge in [0.2, 0.25) is 0 Å². The number of rotatable bonds is 5. The second-order valence-corrected chi connectivity index (χ2v) is 7.10. The Morgan fingerprint density at radius 2 is 2.21 bits per heavy atom. The van der Waals surface area contributed by atoms with Gasteiger partial charge in [0.1, 0.15) is 0 Å². The molecule has 0 unspecified atom stereocenters. The molecule has 0 saturated carbocycles. The lowest BCUT2D eigenvalue weighted by Crippen LogP contribution is -2.31. The third-order valence-electron chi connectivity index (χ3n) is 3.53. The van der Waals surface area contributed by atoms with Gasteiger partial charge in [0.25, 0.3) is 5.56 Å². The SMILES string of the molecule is C=CCSc1nc2c(c(=O)[nH]c(=O)n2Cc2cccc(Br)c2)n1C. The molecule has 0 aliphatic heterocycles. The molecular formula is C16H15BrN4O2S. The van der Waals surface area contributed by atoms with Crippen LogP contribution in [0.15, 0.2) is 56.1 Å². The van der Waals surface area contributed by atoms with Gasteiger partial charge in [-0.1, -0.05) is 45.9 Å². The molecule has 0 bridgehead atoms. The highest BCUT2D eigenvalue weighted by molar-refractivity contribution is 9.10. The Labute approximate surface area is 150 Å². The fourth-order valence-electron chi connectivity index (χ4n) is 2.45. The Kier molecular flexibility index (Phi) is 4.77. The van der Waals surface area contributed by atoms with Crippen molar-refractivity contribution in [3.63, 3.8) is 0 Å². The predicted octanol–water partition coefficient (Wildman–Crippen LogP) is 2.51. The van der Waals surface area contributed by atoms with Crippen LogP contribution in [-0.4, -0.2) is 24.9 Å². The summed E-state index contributed by atoms with van der Waals surface area (Å²) in [6, 6.07) is 7.67. The Hall–Kier alpha value is -2.06. The van der Waals surface area contributed by atoms with E-state index in [1.807, 2.05) is 24.3 Å². The normalized spacial score (nSPS) is 11.1. The number of nitrogens with one attached hydrogen (secondary N) is 1. The quantitative estimate of drug-likeness (QED) is 0.521. The first-order chi connectivity index (χ1) is 11.5. The van der Waals surface area contributed by atoms with E-state index in [0.29, 0.717) is 28.6 Å².